The number of urea groups is 1. The summed E-state index contributed by atoms with van der Waals surface area (Å²) in [5, 5.41) is 9.06. The van der Waals surface area contributed by atoms with Crippen LogP contribution in [0.3, 0.4) is 0 Å². The minimum Gasteiger partial charge on any atom is -0.491 e. The molecule has 0 atom stereocenters. The van der Waals surface area contributed by atoms with Gasteiger partial charge in [0.15, 0.2) is 0 Å². The monoisotopic (exact) mass is 325 g/mol. The van der Waals surface area contributed by atoms with Crippen molar-refractivity contribution in [2.24, 2.45) is 0 Å². The minimum absolute atomic E-state index is 0.140. The molecule has 0 saturated heterocycles. The van der Waals surface area contributed by atoms with E-state index in [4.69, 9.17) is 4.74 Å². The molecule has 0 aromatic heterocycles. The largest absolute Gasteiger partial charge is 0.491 e. The molecule has 126 valence electrons. The molecule has 2 amide bonds. The van der Waals surface area contributed by atoms with E-state index >= 15 is 0 Å². The smallest absolute Gasteiger partial charge is 0.319 e. The van der Waals surface area contributed by atoms with E-state index in [1.807, 2.05) is 62.4 Å². The summed E-state index contributed by atoms with van der Waals surface area (Å²) in [6, 6.07) is 15.7. The Morgan fingerprint density at radius 2 is 1.50 bits per heavy atom. The molecule has 5 nitrogen and oxygen atoms in total. The van der Waals surface area contributed by atoms with Crippen LogP contribution in [0.15, 0.2) is 48.5 Å². The fraction of sp³-hybridized carbons (Fsp3) is 0.316. The summed E-state index contributed by atoms with van der Waals surface area (Å²) < 4.78 is 5.63. The van der Waals surface area contributed by atoms with E-state index < -0.39 is 0 Å². The molecule has 1 aliphatic rings. The van der Waals surface area contributed by atoms with Gasteiger partial charge in [0.05, 0.1) is 6.10 Å². The molecule has 0 bridgehead atoms. The number of benzene rings is 2. The van der Waals surface area contributed by atoms with Gasteiger partial charge in [-0.1, -0.05) is 0 Å². The van der Waals surface area contributed by atoms with Crippen LogP contribution >= 0.6 is 0 Å². The van der Waals surface area contributed by atoms with Crippen molar-refractivity contribution in [3.8, 4) is 5.75 Å². The molecule has 2 aromatic rings. The predicted molar refractivity (Wildman–Crippen MR) is 97.1 cm³/mol. The van der Waals surface area contributed by atoms with Crippen LogP contribution in [-0.2, 0) is 0 Å². The highest BCUT2D eigenvalue weighted by Gasteiger charge is 2.23. The van der Waals surface area contributed by atoms with Crippen molar-refractivity contribution in [3.63, 3.8) is 0 Å². The van der Waals surface area contributed by atoms with Crippen LogP contribution in [0.5, 0.6) is 5.75 Å². The number of nitrogens with one attached hydrogen (secondary N) is 3. The molecular formula is C19H23N3O2. The fourth-order valence-corrected chi connectivity index (χ4v) is 2.27. The van der Waals surface area contributed by atoms with Crippen molar-refractivity contribution in [2.75, 3.05) is 10.6 Å². The second kappa shape index (κ2) is 7.25. The van der Waals surface area contributed by atoms with Gasteiger partial charge >= 0.3 is 6.03 Å². The summed E-state index contributed by atoms with van der Waals surface area (Å²) in [6.07, 6.45) is 2.33. The Balaban J connectivity index is 1.54. The average molecular weight is 325 g/mol. The van der Waals surface area contributed by atoms with E-state index in [-0.39, 0.29) is 12.1 Å². The summed E-state index contributed by atoms with van der Waals surface area (Å²) in [4.78, 5) is 11.7. The lowest BCUT2D eigenvalue weighted by atomic mass is 10.2. The first-order valence-electron chi connectivity index (χ1n) is 8.30. The number of carbonyl (C=O) groups excluding carboxylic acids is 1. The van der Waals surface area contributed by atoms with Gasteiger partial charge in [-0.05, 0) is 75.2 Å². The summed E-state index contributed by atoms with van der Waals surface area (Å²) in [5.41, 5.74) is 2.72. The Labute approximate surface area is 142 Å². The third-order valence-corrected chi connectivity index (χ3v) is 3.57. The number of rotatable bonds is 6. The van der Waals surface area contributed by atoms with Gasteiger partial charge in [0.2, 0.25) is 0 Å². The van der Waals surface area contributed by atoms with Gasteiger partial charge in [-0.3, -0.25) is 0 Å². The number of ether oxygens (including phenoxy) is 1. The molecule has 0 heterocycles. The molecule has 0 spiro atoms. The molecule has 0 radical (unpaired) electrons. The molecule has 1 saturated carbocycles. The molecule has 0 aliphatic heterocycles. The normalized spacial score (nSPS) is 13.5. The Hall–Kier alpha value is -2.69. The summed E-state index contributed by atoms with van der Waals surface area (Å²) in [7, 11) is 0. The maximum absolute atomic E-state index is 11.7. The Morgan fingerprint density at radius 3 is 2.04 bits per heavy atom. The zero-order chi connectivity index (χ0) is 16.9. The maximum Gasteiger partial charge on any atom is 0.319 e. The first-order valence-corrected chi connectivity index (χ1v) is 8.30. The quantitative estimate of drug-likeness (QED) is 0.732. The number of hydrogen-bond donors (Lipinski definition) is 3. The van der Waals surface area contributed by atoms with Crippen molar-refractivity contribution in [1.82, 2.24) is 5.32 Å². The Bertz CT molecular complexity index is 677. The van der Waals surface area contributed by atoms with E-state index in [1.54, 1.807) is 0 Å². The zero-order valence-electron chi connectivity index (χ0n) is 14.0. The first kappa shape index (κ1) is 16.2. The molecule has 24 heavy (non-hydrogen) atoms. The van der Waals surface area contributed by atoms with E-state index in [0.717, 1.165) is 35.7 Å². The number of anilines is 3. The van der Waals surface area contributed by atoms with Crippen molar-refractivity contribution in [3.05, 3.63) is 48.5 Å². The van der Waals surface area contributed by atoms with Crippen LogP contribution in [0.25, 0.3) is 0 Å². The van der Waals surface area contributed by atoms with Crippen LogP contribution in [0, 0.1) is 0 Å². The van der Waals surface area contributed by atoms with E-state index in [9.17, 15) is 4.79 Å². The van der Waals surface area contributed by atoms with Crippen molar-refractivity contribution >= 4 is 23.1 Å². The van der Waals surface area contributed by atoms with Gasteiger partial charge in [0.25, 0.3) is 0 Å². The molecule has 0 unspecified atom stereocenters. The van der Waals surface area contributed by atoms with Gasteiger partial charge < -0.3 is 20.7 Å². The van der Waals surface area contributed by atoms with Crippen molar-refractivity contribution in [1.29, 1.82) is 0 Å². The third-order valence-electron chi connectivity index (χ3n) is 3.57. The topological polar surface area (TPSA) is 62.4 Å². The standard InChI is InChI=1S/C19H23N3O2/c1-13(2)24-18-11-9-15(10-12-18)20-14-3-5-16(6-4-14)21-19(23)22-17-7-8-17/h3-6,9-13,17,20H,7-8H2,1-2H3,(H2,21,22,23). The number of hydrogen-bond acceptors (Lipinski definition) is 3. The Morgan fingerprint density at radius 1 is 0.958 bits per heavy atom. The molecule has 3 N–H and O–H groups in total. The van der Waals surface area contributed by atoms with Crippen LogP contribution in [0.2, 0.25) is 0 Å². The van der Waals surface area contributed by atoms with Gasteiger partial charge in [-0.2, -0.15) is 0 Å². The van der Waals surface area contributed by atoms with Crippen LogP contribution in [-0.4, -0.2) is 18.2 Å². The first-order chi connectivity index (χ1) is 11.6. The lowest BCUT2D eigenvalue weighted by Gasteiger charge is -2.12. The van der Waals surface area contributed by atoms with Crippen molar-refractivity contribution < 1.29 is 9.53 Å². The average Bonchev–Trinajstić information content (AvgIpc) is 3.34. The summed E-state index contributed by atoms with van der Waals surface area (Å²) >= 11 is 0. The van der Waals surface area contributed by atoms with Gasteiger partial charge in [-0.15, -0.1) is 0 Å². The molecule has 3 rings (SSSR count). The molecule has 2 aromatic carbocycles. The highest BCUT2D eigenvalue weighted by atomic mass is 16.5. The van der Waals surface area contributed by atoms with Crippen LogP contribution in [0.4, 0.5) is 21.9 Å². The molecule has 5 heteroatoms. The number of carbonyl (C=O) groups is 1. The molecule has 1 fully saturated rings. The molecule has 1 aliphatic carbocycles. The lowest BCUT2D eigenvalue weighted by molar-refractivity contribution is 0.242. The second-order valence-corrected chi connectivity index (χ2v) is 6.27. The Kier molecular flexibility index (Phi) is 4.89. The zero-order valence-corrected chi connectivity index (χ0v) is 14.0. The summed E-state index contributed by atoms with van der Waals surface area (Å²) in [5.74, 6) is 0.858. The van der Waals surface area contributed by atoms with Crippen molar-refractivity contribution in [2.45, 2.75) is 38.8 Å². The lowest BCUT2D eigenvalue weighted by Crippen LogP contribution is -2.30. The minimum atomic E-state index is -0.140. The van der Waals surface area contributed by atoms with Gasteiger partial charge in [-0.25, -0.2) is 4.79 Å². The molecular weight excluding hydrogens is 302 g/mol. The third kappa shape index (κ3) is 4.91. The van der Waals surface area contributed by atoms with Crippen LogP contribution in [0.1, 0.15) is 26.7 Å². The van der Waals surface area contributed by atoms with E-state index in [2.05, 4.69) is 16.0 Å². The van der Waals surface area contributed by atoms with E-state index in [0.29, 0.717) is 6.04 Å². The summed E-state index contributed by atoms with van der Waals surface area (Å²) in [6.45, 7) is 4.01. The van der Waals surface area contributed by atoms with Crippen LogP contribution < -0.4 is 20.7 Å². The fourth-order valence-electron chi connectivity index (χ4n) is 2.27. The van der Waals surface area contributed by atoms with Gasteiger partial charge in [0.1, 0.15) is 5.75 Å². The predicted octanol–water partition coefficient (Wildman–Crippen LogP) is 4.50. The van der Waals surface area contributed by atoms with E-state index in [1.165, 1.54) is 0 Å². The van der Waals surface area contributed by atoms with Gasteiger partial charge in [0, 0.05) is 23.1 Å². The number of amides is 2. The SMILES string of the molecule is CC(C)Oc1ccc(Nc2ccc(NC(=O)NC3CC3)cc2)cc1. The second-order valence-electron chi connectivity index (χ2n) is 6.27. The highest BCUT2D eigenvalue weighted by molar-refractivity contribution is 5.89. The highest BCUT2D eigenvalue weighted by Crippen LogP contribution is 2.22. The maximum atomic E-state index is 11.7.